The number of thioether (sulfide) groups is 1. The van der Waals surface area contributed by atoms with Crippen molar-refractivity contribution in [3.63, 3.8) is 0 Å². The zero-order chi connectivity index (χ0) is 17.6. The van der Waals surface area contributed by atoms with E-state index in [4.69, 9.17) is 4.42 Å². The Kier molecular flexibility index (Phi) is 5.45. The van der Waals surface area contributed by atoms with Crippen LogP contribution < -0.4 is 5.32 Å². The van der Waals surface area contributed by atoms with Crippen molar-refractivity contribution in [2.75, 3.05) is 0 Å². The molecule has 0 aromatic carbocycles. The SMILES string of the molecule is Cc1cc(C)nc(SCc2ccc(C(=O)NCc3cccnc3)o2)n1. The van der Waals surface area contributed by atoms with Crippen LogP contribution in [-0.4, -0.2) is 20.9 Å². The highest BCUT2D eigenvalue weighted by Gasteiger charge is 2.12. The van der Waals surface area contributed by atoms with Crippen LogP contribution in [0.2, 0.25) is 0 Å². The number of rotatable bonds is 6. The first-order valence-corrected chi connectivity index (χ1v) is 8.79. The van der Waals surface area contributed by atoms with Gasteiger partial charge in [0, 0.05) is 30.3 Å². The molecule has 0 fully saturated rings. The molecule has 0 atom stereocenters. The average Bonchev–Trinajstić information content (AvgIpc) is 3.07. The maximum Gasteiger partial charge on any atom is 0.287 e. The van der Waals surface area contributed by atoms with Gasteiger partial charge in [-0.15, -0.1) is 0 Å². The summed E-state index contributed by atoms with van der Waals surface area (Å²) in [4.78, 5) is 24.9. The van der Waals surface area contributed by atoms with Crippen molar-refractivity contribution in [2.45, 2.75) is 31.3 Å². The van der Waals surface area contributed by atoms with Crippen molar-refractivity contribution < 1.29 is 9.21 Å². The topological polar surface area (TPSA) is 80.9 Å². The second-order valence-electron chi connectivity index (χ2n) is 5.53. The van der Waals surface area contributed by atoms with Crippen LogP contribution in [0.3, 0.4) is 0 Å². The smallest absolute Gasteiger partial charge is 0.287 e. The second-order valence-corrected chi connectivity index (χ2v) is 6.47. The minimum Gasteiger partial charge on any atom is -0.455 e. The number of carbonyl (C=O) groups is 1. The Hall–Kier alpha value is -2.67. The van der Waals surface area contributed by atoms with E-state index in [1.165, 1.54) is 11.8 Å². The quantitative estimate of drug-likeness (QED) is 0.540. The standard InChI is InChI=1S/C18H18N4O2S/c1-12-8-13(2)22-18(21-12)25-11-15-5-6-16(24-15)17(23)20-10-14-4-3-7-19-9-14/h3-9H,10-11H2,1-2H3,(H,20,23). The normalized spacial score (nSPS) is 10.6. The van der Waals surface area contributed by atoms with Crippen molar-refractivity contribution >= 4 is 17.7 Å². The van der Waals surface area contributed by atoms with Gasteiger partial charge in [-0.3, -0.25) is 9.78 Å². The Labute approximate surface area is 150 Å². The monoisotopic (exact) mass is 354 g/mol. The van der Waals surface area contributed by atoms with E-state index in [0.717, 1.165) is 17.0 Å². The molecule has 0 unspecified atom stereocenters. The van der Waals surface area contributed by atoms with Crippen LogP contribution in [0.25, 0.3) is 0 Å². The first-order valence-electron chi connectivity index (χ1n) is 7.81. The summed E-state index contributed by atoms with van der Waals surface area (Å²) in [6.07, 6.45) is 3.41. The fourth-order valence-corrected chi connectivity index (χ4v) is 3.09. The summed E-state index contributed by atoms with van der Waals surface area (Å²) in [6, 6.07) is 9.15. The highest BCUT2D eigenvalue weighted by molar-refractivity contribution is 7.98. The van der Waals surface area contributed by atoms with E-state index in [9.17, 15) is 4.79 Å². The molecule has 128 valence electrons. The van der Waals surface area contributed by atoms with Crippen LogP contribution >= 0.6 is 11.8 Å². The van der Waals surface area contributed by atoms with E-state index in [1.54, 1.807) is 24.5 Å². The molecule has 0 aliphatic heterocycles. The molecule has 0 spiro atoms. The van der Waals surface area contributed by atoms with E-state index in [-0.39, 0.29) is 5.91 Å². The van der Waals surface area contributed by atoms with Crippen molar-refractivity contribution in [1.82, 2.24) is 20.3 Å². The minimum absolute atomic E-state index is 0.247. The molecule has 1 amide bonds. The van der Waals surface area contributed by atoms with Gasteiger partial charge in [0.2, 0.25) is 0 Å². The number of nitrogens with one attached hydrogen (secondary N) is 1. The largest absolute Gasteiger partial charge is 0.455 e. The molecule has 1 N–H and O–H groups in total. The lowest BCUT2D eigenvalue weighted by Gasteiger charge is -2.03. The number of nitrogens with zero attached hydrogens (tertiary/aromatic N) is 3. The summed E-state index contributed by atoms with van der Waals surface area (Å²) in [5.74, 6) is 1.32. The maximum atomic E-state index is 12.1. The summed E-state index contributed by atoms with van der Waals surface area (Å²) in [5.41, 5.74) is 2.81. The molecule has 0 bridgehead atoms. The fraction of sp³-hybridized carbons (Fsp3) is 0.222. The number of hydrogen-bond donors (Lipinski definition) is 1. The molecule has 0 saturated heterocycles. The third-order valence-corrected chi connectivity index (χ3v) is 4.24. The van der Waals surface area contributed by atoms with Crippen molar-refractivity contribution in [3.05, 3.63) is 71.2 Å². The van der Waals surface area contributed by atoms with E-state index in [1.807, 2.05) is 32.0 Å². The van der Waals surface area contributed by atoms with Crippen LogP contribution in [-0.2, 0) is 12.3 Å². The Morgan fingerprint density at radius 2 is 2.00 bits per heavy atom. The highest BCUT2D eigenvalue weighted by Crippen LogP contribution is 2.21. The predicted octanol–water partition coefficient (Wildman–Crippen LogP) is 3.30. The van der Waals surface area contributed by atoms with Gasteiger partial charge in [0.15, 0.2) is 10.9 Å². The molecule has 3 heterocycles. The molecule has 25 heavy (non-hydrogen) atoms. The van der Waals surface area contributed by atoms with Gasteiger partial charge in [-0.05, 0) is 43.7 Å². The van der Waals surface area contributed by atoms with Gasteiger partial charge in [0.05, 0.1) is 5.75 Å². The molecule has 6 nitrogen and oxygen atoms in total. The fourth-order valence-electron chi connectivity index (χ4n) is 2.24. The van der Waals surface area contributed by atoms with E-state index in [2.05, 4.69) is 20.3 Å². The van der Waals surface area contributed by atoms with Gasteiger partial charge in [-0.1, -0.05) is 17.8 Å². The summed E-state index contributed by atoms with van der Waals surface area (Å²) < 4.78 is 5.61. The molecule has 7 heteroatoms. The molecule has 0 aliphatic carbocycles. The van der Waals surface area contributed by atoms with Crippen molar-refractivity contribution in [1.29, 1.82) is 0 Å². The van der Waals surface area contributed by atoms with Gasteiger partial charge in [-0.25, -0.2) is 9.97 Å². The Morgan fingerprint density at radius 3 is 2.72 bits per heavy atom. The highest BCUT2D eigenvalue weighted by atomic mass is 32.2. The molecule has 3 aromatic rings. The summed E-state index contributed by atoms with van der Waals surface area (Å²) in [5, 5.41) is 3.52. The number of aromatic nitrogens is 3. The third kappa shape index (κ3) is 4.90. The van der Waals surface area contributed by atoms with E-state index < -0.39 is 0 Å². The van der Waals surface area contributed by atoms with E-state index in [0.29, 0.717) is 29.0 Å². The van der Waals surface area contributed by atoms with Crippen LogP contribution in [0.1, 0.15) is 33.3 Å². The molecular formula is C18H18N4O2S. The average molecular weight is 354 g/mol. The number of pyridine rings is 1. The lowest BCUT2D eigenvalue weighted by atomic mass is 10.3. The number of carbonyl (C=O) groups excluding carboxylic acids is 1. The lowest BCUT2D eigenvalue weighted by Crippen LogP contribution is -2.22. The van der Waals surface area contributed by atoms with Crippen molar-refractivity contribution in [3.8, 4) is 0 Å². The Balaban J connectivity index is 1.55. The third-order valence-electron chi connectivity index (χ3n) is 3.37. The van der Waals surface area contributed by atoms with Crippen LogP contribution in [0.4, 0.5) is 0 Å². The molecule has 0 saturated carbocycles. The molecule has 0 radical (unpaired) electrons. The molecular weight excluding hydrogens is 336 g/mol. The summed E-state index contributed by atoms with van der Waals surface area (Å²) in [7, 11) is 0. The van der Waals surface area contributed by atoms with Gasteiger partial charge in [-0.2, -0.15) is 0 Å². The summed E-state index contributed by atoms with van der Waals surface area (Å²) >= 11 is 1.48. The first-order chi connectivity index (χ1) is 12.1. The number of aryl methyl sites for hydroxylation is 2. The zero-order valence-electron chi connectivity index (χ0n) is 14.0. The van der Waals surface area contributed by atoms with Crippen LogP contribution in [0.15, 0.2) is 52.3 Å². The maximum absolute atomic E-state index is 12.1. The first kappa shape index (κ1) is 17.2. The summed E-state index contributed by atoms with van der Waals surface area (Å²) in [6.45, 7) is 4.29. The van der Waals surface area contributed by atoms with Gasteiger partial charge in [0.1, 0.15) is 5.76 Å². The van der Waals surface area contributed by atoms with Gasteiger partial charge in [0.25, 0.3) is 5.91 Å². The van der Waals surface area contributed by atoms with Gasteiger partial charge < -0.3 is 9.73 Å². The minimum atomic E-state index is -0.247. The molecule has 0 aliphatic rings. The number of furan rings is 1. The molecule has 3 aromatic heterocycles. The lowest BCUT2D eigenvalue weighted by molar-refractivity contribution is 0.0921. The predicted molar refractivity (Wildman–Crippen MR) is 95.2 cm³/mol. The number of hydrogen-bond acceptors (Lipinski definition) is 6. The molecule has 3 rings (SSSR count). The second kappa shape index (κ2) is 7.94. The van der Waals surface area contributed by atoms with E-state index >= 15 is 0 Å². The Bertz CT molecular complexity index is 844. The Morgan fingerprint density at radius 1 is 1.20 bits per heavy atom. The van der Waals surface area contributed by atoms with Crippen LogP contribution in [0.5, 0.6) is 0 Å². The van der Waals surface area contributed by atoms with Crippen molar-refractivity contribution in [2.24, 2.45) is 0 Å². The number of amides is 1. The van der Waals surface area contributed by atoms with Crippen LogP contribution in [0, 0.1) is 13.8 Å². The zero-order valence-corrected chi connectivity index (χ0v) is 14.8. The van der Waals surface area contributed by atoms with Gasteiger partial charge >= 0.3 is 0 Å².